The molecule has 0 spiro atoms. The predicted octanol–water partition coefficient (Wildman–Crippen LogP) is 4.46. The Balaban J connectivity index is 1.80. The Morgan fingerprint density at radius 1 is 1.07 bits per heavy atom. The molecule has 1 atom stereocenters. The molecule has 0 aliphatic carbocycles. The zero-order valence-corrected chi connectivity index (χ0v) is 16.5. The predicted molar refractivity (Wildman–Crippen MR) is 107 cm³/mol. The van der Waals surface area contributed by atoms with E-state index in [4.69, 9.17) is 15.7 Å². The third-order valence-corrected chi connectivity index (χ3v) is 6.02. The minimum atomic E-state index is -3.75. The third kappa shape index (κ3) is 3.42. The number of aromatic nitrogens is 2. The van der Waals surface area contributed by atoms with E-state index in [9.17, 15) is 8.42 Å². The molecule has 1 aromatic heterocycles. The van der Waals surface area contributed by atoms with Gasteiger partial charge in [0.25, 0.3) is 9.05 Å². The summed E-state index contributed by atoms with van der Waals surface area (Å²) in [6.07, 6.45) is 0.722. The van der Waals surface area contributed by atoms with E-state index in [2.05, 4.69) is 16.8 Å². The van der Waals surface area contributed by atoms with Crippen LogP contribution in [0.15, 0.2) is 59.5 Å². The van der Waals surface area contributed by atoms with Crippen LogP contribution in [0.1, 0.15) is 18.2 Å². The van der Waals surface area contributed by atoms with Crippen molar-refractivity contribution in [1.29, 1.82) is 0 Å². The standard InChI is InChI=1S/C20H18ClN3O2S/c1-13-10-19(23-20(22-13)15-6-4-3-5-7-15)24-14(2)11-16-12-17(27(21,25)26)8-9-18(16)24/h3-10,12,14H,11H2,1-2H3/t14-/m0/s1. The molecule has 0 bridgehead atoms. The molecule has 5 nitrogen and oxygen atoms in total. The van der Waals surface area contributed by atoms with Crippen molar-refractivity contribution in [3.8, 4) is 11.4 Å². The lowest BCUT2D eigenvalue weighted by molar-refractivity contribution is 0.609. The molecule has 0 saturated heterocycles. The molecule has 0 N–H and O–H groups in total. The summed E-state index contributed by atoms with van der Waals surface area (Å²) < 4.78 is 23.3. The van der Waals surface area contributed by atoms with Gasteiger partial charge in [0.15, 0.2) is 5.82 Å². The smallest absolute Gasteiger partial charge is 0.261 e. The second-order valence-electron chi connectivity index (χ2n) is 6.71. The highest BCUT2D eigenvalue weighted by molar-refractivity contribution is 8.13. The molecule has 138 valence electrons. The molecule has 3 aromatic rings. The summed E-state index contributed by atoms with van der Waals surface area (Å²) in [6.45, 7) is 4.04. The minimum absolute atomic E-state index is 0.126. The SMILES string of the molecule is Cc1cc(N2c3ccc(S(=O)(=O)Cl)cc3C[C@@H]2C)nc(-c2ccccc2)n1. The van der Waals surface area contributed by atoms with Crippen LogP contribution in [-0.2, 0) is 15.5 Å². The van der Waals surface area contributed by atoms with Gasteiger partial charge in [-0.3, -0.25) is 0 Å². The van der Waals surface area contributed by atoms with E-state index in [0.29, 0.717) is 5.82 Å². The fraction of sp³-hybridized carbons (Fsp3) is 0.200. The summed E-state index contributed by atoms with van der Waals surface area (Å²) in [7, 11) is 1.75. The molecule has 0 unspecified atom stereocenters. The van der Waals surface area contributed by atoms with E-state index < -0.39 is 9.05 Å². The highest BCUT2D eigenvalue weighted by Crippen LogP contribution is 2.39. The number of anilines is 2. The van der Waals surface area contributed by atoms with Crippen LogP contribution in [0.3, 0.4) is 0 Å². The second kappa shape index (κ2) is 6.62. The van der Waals surface area contributed by atoms with Gasteiger partial charge in [-0.05, 0) is 44.0 Å². The molecule has 1 aliphatic rings. The molecular formula is C20H18ClN3O2S. The maximum absolute atomic E-state index is 11.6. The topological polar surface area (TPSA) is 63.2 Å². The van der Waals surface area contributed by atoms with Crippen LogP contribution < -0.4 is 4.90 Å². The van der Waals surface area contributed by atoms with E-state index in [-0.39, 0.29) is 10.9 Å². The van der Waals surface area contributed by atoms with Crippen molar-refractivity contribution in [2.45, 2.75) is 31.2 Å². The first-order chi connectivity index (χ1) is 12.8. The van der Waals surface area contributed by atoms with Crippen LogP contribution in [0.2, 0.25) is 0 Å². The minimum Gasteiger partial charge on any atom is -0.323 e. The zero-order valence-electron chi connectivity index (χ0n) is 14.9. The van der Waals surface area contributed by atoms with Gasteiger partial charge in [0.2, 0.25) is 0 Å². The summed E-state index contributed by atoms with van der Waals surface area (Å²) in [5.41, 5.74) is 3.72. The highest BCUT2D eigenvalue weighted by Gasteiger charge is 2.30. The number of nitrogens with zero attached hydrogens (tertiary/aromatic N) is 3. The number of hydrogen-bond donors (Lipinski definition) is 0. The molecule has 4 rings (SSSR count). The van der Waals surface area contributed by atoms with Crippen LogP contribution in [0.5, 0.6) is 0 Å². The van der Waals surface area contributed by atoms with Crippen molar-refractivity contribution in [3.05, 3.63) is 65.9 Å². The van der Waals surface area contributed by atoms with Gasteiger partial charge in [0, 0.05) is 39.7 Å². The Hall–Kier alpha value is -2.44. The van der Waals surface area contributed by atoms with Crippen LogP contribution >= 0.6 is 10.7 Å². The first kappa shape index (κ1) is 17.9. The fourth-order valence-electron chi connectivity index (χ4n) is 3.50. The number of fused-ring (bicyclic) bond motifs is 1. The number of halogens is 1. The molecule has 27 heavy (non-hydrogen) atoms. The lowest BCUT2D eigenvalue weighted by Gasteiger charge is -2.24. The van der Waals surface area contributed by atoms with Crippen LogP contribution in [0.4, 0.5) is 11.5 Å². The first-order valence-corrected chi connectivity index (χ1v) is 10.9. The molecule has 0 radical (unpaired) electrons. The van der Waals surface area contributed by atoms with Gasteiger partial charge in [-0.2, -0.15) is 0 Å². The first-order valence-electron chi connectivity index (χ1n) is 8.61. The normalized spacial score (nSPS) is 16.4. The average molecular weight is 400 g/mol. The molecule has 2 aromatic carbocycles. The van der Waals surface area contributed by atoms with Gasteiger partial charge in [-0.15, -0.1) is 0 Å². The van der Waals surface area contributed by atoms with Crippen molar-refractivity contribution in [3.63, 3.8) is 0 Å². The Morgan fingerprint density at radius 3 is 2.52 bits per heavy atom. The molecule has 0 fully saturated rings. The van der Waals surface area contributed by atoms with Crippen LogP contribution in [-0.4, -0.2) is 24.4 Å². The Morgan fingerprint density at radius 2 is 1.81 bits per heavy atom. The third-order valence-electron chi connectivity index (χ3n) is 4.67. The van der Waals surface area contributed by atoms with Crippen molar-refractivity contribution >= 4 is 31.2 Å². The summed E-state index contributed by atoms with van der Waals surface area (Å²) in [6, 6.07) is 16.9. The number of aryl methyl sites for hydroxylation is 1. The largest absolute Gasteiger partial charge is 0.323 e. The summed E-state index contributed by atoms with van der Waals surface area (Å²) in [4.78, 5) is 11.6. The van der Waals surface area contributed by atoms with Crippen molar-refractivity contribution < 1.29 is 8.42 Å². The lowest BCUT2D eigenvalue weighted by Crippen LogP contribution is -2.25. The summed E-state index contributed by atoms with van der Waals surface area (Å²) >= 11 is 0. The fourth-order valence-corrected chi connectivity index (χ4v) is 4.30. The van der Waals surface area contributed by atoms with Gasteiger partial charge in [0.05, 0.1) is 4.90 Å². The van der Waals surface area contributed by atoms with Gasteiger partial charge >= 0.3 is 0 Å². The number of benzene rings is 2. The zero-order chi connectivity index (χ0) is 19.2. The molecule has 7 heteroatoms. The van der Waals surface area contributed by atoms with Gasteiger partial charge in [0.1, 0.15) is 5.82 Å². The van der Waals surface area contributed by atoms with Crippen LogP contribution in [0.25, 0.3) is 11.4 Å². The molecular weight excluding hydrogens is 382 g/mol. The number of hydrogen-bond acceptors (Lipinski definition) is 5. The average Bonchev–Trinajstić information content (AvgIpc) is 2.96. The van der Waals surface area contributed by atoms with Crippen molar-refractivity contribution in [2.24, 2.45) is 0 Å². The van der Waals surface area contributed by atoms with E-state index in [0.717, 1.165) is 34.7 Å². The van der Waals surface area contributed by atoms with Crippen molar-refractivity contribution in [2.75, 3.05) is 4.90 Å². The van der Waals surface area contributed by atoms with Gasteiger partial charge in [-0.1, -0.05) is 30.3 Å². The molecule has 2 heterocycles. The second-order valence-corrected chi connectivity index (χ2v) is 9.27. The monoisotopic (exact) mass is 399 g/mol. The maximum atomic E-state index is 11.6. The Kier molecular flexibility index (Phi) is 4.40. The Bertz CT molecular complexity index is 1120. The van der Waals surface area contributed by atoms with Crippen molar-refractivity contribution in [1.82, 2.24) is 9.97 Å². The quantitative estimate of drug-likeness (QED) is 0.608. The van der Waals surface area contributed by atoms with E-state index in [1.54, 1.807) is 18.2 Å². The molecule has 0 saturated carbocycles. The molecule has 1 aliphatic heterocycles. The van der Waals surface area contributed by atoms with E-state index in [1.165, 1.54) is 0 Å². The molecule has 0 amide bonds. The summed E-state index contributed by atoms with van der Waals surface area (Å²) in [5, 5.41) is 0. The van der Waals surface area contributed by atoms with Gasteiger partial charge < -0.3 is 4.90 Å². The van der Waals surface area contributed by atoms with E-state index in [1.807, 2.05) is 43.3 Å². The van der Waals surface area contributed by atoms with Gasteiger partial charge in [-0.25, -0.2) is 18.4 Å². The number of rotatable bonds is 3. The van der Waals surface area contributed by atoms with E-state index >= 15 is 0 Å². The highest BCUT2D eigenvalue weighted by atomic mass is 35.7. The Labute approximate surface area is 163 Å². The van der Waals surface area contributed by atoms with Crippen LogP contribution in [0, 0.1) is 6.92 Å². The maximum Gasteiger partial charge on any atom is 0.261 e. The lowest BCUT2D eigenvalue weighted by atomic mass is 10.1. The summed E-state index contributed by atoms with van der Waals surface area (Å²) in [5.74, 6) is 1.47.